The normalized spacial score (nSPS) is 11.2. The zero-order chi connectivity index (χ0) is 14.8. The standard InChI is InChI=1S/C12H10BrClN2O3S/c1-19-12-11(6-8(13)7-15-12)16-20(17,18)10-4-2-9(14)3-5-10/h2-7,16H,1H3. The first-order chi connectivity index (χ1) is 9.42. The van der Waals surface area contributed by atoms with Crippen LogP contribution in [0.2, 0.25) is 5.02 Å². The van der Waals surface area contributed by atoms with Gasteiger partial charge in [-0.05, 0) is 46.3 Å². The summed E-state index contributed by atoms with van der Waals surface area (Å²) in [6.07, 6.45) is 1.51. The minimum Gasteiger partial charge on any atom is -0.479 e. The van der Waals surface area contributed by atoms with E-state index < -0.39 is 10.0 Å². The summed E-state index contributed by atoms with van der Waals surface area (Å²) in [6.45, 7) is 0. The Morgan fingerprint density at radius 2 is 1.95 bits per heavy atom. The number of ether oxygens (including phenoxy) is 1. The average Bonchev–Trinajstić information content (AvgIpc) is 2.39. The fourth-order valence-electron chi connectivity index (χ4n) is 1.48. The van der Waals surface area contributed by atoms with Gasteiger partial charge in [0, 0.05) is 15.7 Å². The zero-order valence-electron chi connectivity index (χ0n) is 10.3. The zero-order valence-corrected chi connectivity index (χ0v) is 13.5. The molecule has 1 heterocycles. The van der Waals surface area contributed by atoms with Gasteiger partial charge < -0.3 is 4.74 Å². The first kappa shape index (κ1) is 15.1. The molecule has 0 bridgehead atoms. The van der Waals surface area contributed by atoms with Crippen molar-refractivity contribution in [2.45, 2.75) is 4.90 Å². The number of benzene rings is 1. The van der Waals surface area contributed by atoms with Gasteiger partial charge in [0.15, 0.2) is 0 Å². The van der Waals surface area contributed by atoms with Gasteiger partial charge in [-0.25, -0.2) is 13.4 Å². The van der Waals surface area contributed by atoms with Crippen LogP contribution >= 0.6 is 27.5 Å². The number of halogens is 2. The van der Waals surface area contributed by atoms with Crippen LogP contribution in [-0.4, -0.2) is 20.5 Å². The Morgan fingerprint density at radius 3 is 2.55 bits per heavy atom. The lowest BCUT2D eigenvalue weighted by Crippen LogP contribution is -2.14. The number of rotatable bonds is 4. The van der Waals surface area contributed by atoms with Crippen LogP contribution in [0.1, 0.15) is 0 Å². The molecule has 1 N–H and O–H groups in total. The maximum atomic E-state index is 12.2. The fourth-order valence-corrected chi connectivity index (χ4v) is 2.99. The van der Waals surface area contributed by atoms with Crippen LogP contribution in [0.25, 0.3) is 0 Å². The summed E-state index contributed by atoms with van der Waals surface area (Å²) in [6, 6.07) is 7.42. The molecule has 8 heteroatoms. The summed E-state index contributed by atoms with van der Waals surface area (Å²) < 4.78 is 32.6. The Balaban J connectivity index is 2.37. The Morgan fingerprint density at radius 1 is 1.30 bits per heavy atom. The lowest BCUT2D eigenvalue weighted by Gasteiger charge is -2.11. The molecule has 0 unspecified atom stereocenters. The Bertz CT molecular complexity index is 720. The van der Waals surface area contributed by atoms with E-state index in [4.69, 9.17) is 16.3 Å². The van der Waals surface area contributed by atoms with Crippen LogP contribution in [-0.2, 0) is 10.0 Å². The van der Waals surface area contributed by atoms with Crippen molar-refractivity contribution < 1.29 is 13.2 Å². The summed E-state index contributed by atoms with van der Waals surface area (Å²) in [7, 11) is -2.32. The van der Waals surface area contributed by atoms with Gasteiger partial charge in [-0.15, -0.1) is 0 Å². The number of methoxy groups -OCH3 is 1. The number of nitrogens with zero attached hydrogens (tertiary/aromatic N) is 1. The molecule has 2 aromatic rings. The summed E-state index contributed by atoms with van der Waals surface area (Å²) >= 11 is 8.97. The Hall–Kier alpha value is -1.31. The lowest BCUT2D eigenvalue weighted by molar-refractivity contribution is 0.400. The summed E-state index contributed by atoms with van der Waals surface area (Å²) in [5.41, 5.74) is 0.247. The number of nitrogens with one attached hydrogen (secondary N) is 1. The maximum Gasteiger partial charge on any atom is 0.262 e. The van der Waals surface area contributed by atoms with Crippen molar-refractivity contribution in [2.75, 3.05) is 11.8 Å². The van der Waals surface area contributed by atoms with E-state index >= 15 is 0 Å². The van der Waals surface area contributed by atoms with Crippen molar-refractivity contribution in [3.05, 3.63) is 46.0 Å². The minimum absolute atomic E-state index is 0.101. The van der Waals surface area contributed by atoms with E-state index in [0.717, 1.165) is 0 Å². The van der Waals surface area contributed by atoms with E-state index in [9.17, 15) is 8.42 Å². The fraction of sp³-hybridized carbons (Fsp3) is 0.0833. The van der Waals surface area contributed by atoms with Gasteiger partial charge in [0.05, 0.1) is 12.0 Å². The number of sulfonamides is 1. The molecule has 0 fully saturated rings. The molecule has 106 valence electrons. The molecular weight excluding hydrogens is 368 g/mol. The number of aromatic nitrogens is 1. The van der Waals surface area contributed by atoms with Crippen molar-refractivity contribution >= 4 is 43.2 Å². The second kappa shape index (κ2) is 5.99. The van der Waals surface area contributed by atoms with E-state index in [1.165, 1.54) is 37.6 Å². The van der Waals surface area contributed by atoms with Crippen LogP contribution in [0.3, 0.4) is 0 Å². The van der Waals surface area contributed by atoms with Gasteiger partial charge in [0.2, 0.25) is 5.88 Å². The van der Waals surface area contributed by atoms with Crippen LogP contribution in [0.5, 0.6) is 5.88 Å². The molecule has 0 saturated heterocycles. The van der Waals surface area contributed by atoms with Crippen molar-refractivity contribution in [1.29, 1.82) is 0 Å². The second-order valence-corrected chi connectivity index (χ2v) is 6.80. The van der Waals surface area contributed by atoms with E-state index in [0.29, 0.717) is 9.50 Å². The molecule has 20 heavy (non-hydrogen) atoms. The van der Waals surface area contributed by atoms with Gasteiger partial charge in [-0.3, -0.25) is 4.72 Å². The third-order valence-electron chi connectivity index (χ3n) is 2.38. The molecule has 5 nitrogen and oxygen atoms in total. The summed E-state index contributed by atoms with van der Waals surface area (Å²) in [5, 5.41) is 0.464. The van der Waals surface area contributed by atoms with Crippen LogP contribution < -0.4 is 9.46 Å². The van der Waals surface area contributed by atoms with Gasteiger partial charge >= 0.3 is 0 Å². The summed E-state index contributed by atoms with van der Waals surface area (Å²) in [5.74, 6) is 0.186. The smallest absolute Gasteiger partial charge is 0.262 e. The molecule has 0 amide bonds. The molecular formula is C12H10BrClN2O3S. The predicted octanol–water partition coefficient (Wildman–Crippen LogP) is 3.31. The number of pyridine rings is 1. The SMILES string of the molecule is COc1ncc(Br)cc1NS(=O)(=O)c1ccc(Cl)cc1. The summed E-state index contributed by atoms with van der Waals surface area (Å²) in [4.78, 5) is 4.07. The molecule has 1 aromatic carbocycles. The molecule has 1 aromatic heterocycles. The monoisotopic (exact) mass is 376 g/mol. The lowest BCUT2D eigenvalue weighted by atomic mass is 10.4. The largest absolute Gasteiger partial charge is 0.479 e. The van der Waals surface area contributed by atoms with E-state index in [1.807, 2.05) is 0 Å². The topological polar surface area (TPSA) is 68.3 Å². The third kappa shape index (κ3) is 3.41. The van der Waals surface area contributed by atoms with E-state index in [1.54, 1.807) is 6.07 Å². The molecule has 0 aliphatic heterocycles. The van der Waals surface area contributed by atoms with Gasteiger partial charge in [-0.2, -0.15) is 0 Å². The highest BCUT2D eigenvalue weighted by Crippen LogP contribution is 2.27. The van der Waals surface area contributed by atoms with Gasteiger partial charge in [0.25, 0.3) is 10.0 Å². The first-order valence-electron chi connectivity index (χ1n) is 5.40. The van der Waals surface area contributed by atoms with Crippen molar-refractivity contribution in [1.82, 2.24) is 4.98 Å². The van der Waals surface area contributed by atoms with Crippen molar-refractivity contribution in [3.8, 4) is 5.88 Å². The Kier molecular flexibility index (Phi) is 4.52. The average molecular weight is 378 g/mol. The van der Waals surface area contributed by atoms with Gasteiger partial charge in [0.1, 0.15) is 5.69 Å². The quantitative estimate of drug-likeness (QED) is 0.887. The highest BCUT2D eigenvalue weighted by Gasteiger charge is 2.17. The van der Waals surface area contributed by atoms with Crippen molar-refractivity contribution in [2.24, 2.45) is 0 Å². The van der Waals surface area contributed by atoms with Gasteiger partial charge in [-0.1, -0.05) is 11.6 Å². The maximum absolute atomic E-state index is 12.2. The second-order valence-electron chi connectivity index (χ2n) is 3.77. The molecule has 0 radical (unpaired) electrons. The molecule has 0 spiro atoms. The minimum atomic E-state index is -3.73. The molecule has 0 atom stereocenters. The van der Waals surface area contributed by atoms with Crippen LogP contribution in [0.15, 0.2) is 45.9 Å². The predicted molar refractivity (Wildman–Crippen MR) is 80.7 cm³/mol. The number of hydrogen-bond acceptors (Lipinski definition) is 4. The number of anilines is 1. The highest BCUT2D eigenvalue weighted by molar-refractivity contribution is 9.10. The molecule has 0 aliphatic rings. The molecule has 0 aliphatic carbocycles. The Labute approximate surface area is 130 Å². The van der Waals surface area contributed by atoms with E-state index in [-0.39, 0.29) is 16.5 Å². The number of hydrogen-bond donors (Lipinski definition) is 1. The van der Waals surface area contributed by atoms with Crippen LogP contribution in [0, 0.1) is 0 Å². The highest BCUT2D eigenvalue weighted by atomic mass is 79.9. The van der Waals surface area contributed by atoms with E-state index in [2.05, 4.69) is 25.6 Å². The van der Waals surface area contributed by atoms with Crippen molar-refractivity contribution in [3.63, 3.8) is 0 Å². The first-order valence-corrected chi connectivity index (χ1v) is 8.06. The molecule has 0 saturated carbocycles. The van der Waals surface area contributed by atoms with Crippen LogP contribution in [0.4, 0.5) is 5.69 Å². The third-order valence-corrected chi connectivity index (χ3v) is 4.45. The molecule has 2 rings (SSSR count).